The van der Waals surface area contributed by atoms with Crippen molar-refractivity contribution in [2.75, 3.05) is 5.33 Å². The number of aliphatic hydroxyl groups is 2. The highest BCUT2D eigenvalue weighted by atomic mass is 79.9. The molecule has 6 heteroatoms. The number of halogens is 1. The molecule has 3 aliphatic rings. The minimum absolute atomic E-state index is 0. The van der Waals surface area contributed by atoms with E-state index in [4.69, 9.17) is 10.0 Å². The van der Waals surface area contributed by atoms with E-state index in [1.165, 1.54) is 5.56 Å². The quantitative estimate of drug-likeness (QED) is 0.454. The third kappa shape index (κ3) is 4.41. The summed E-state index contributed by atoms with van der Waals surface area (Å²) in [5.41, 5.74) is -0.391. The van der Waals surface area contributed by atoms with Crippen molar-refractivity contribution >= 4 is 23.6 Å². The maximum atomic E-state index is 10.2. The van der Waals surface area contributed by atoms with Gasteiger partial charge in [-0.05, 0) is 49.5 Å². The van der Waals surface area contributed by atoms with Crippen molar-refractivity contribution in [3.63, 3.8) is 0 Å². The van der Waals surface area contributed by atoms with Crippen LogP contribution in [-0.4, -0.2) is 44.5 Å². The molecular formula is C18H29BBrO4. The van der Waals surface area contributed by atoms with E-state index in [0.717, 1.165) is 31.0 Å². The Morgan fingerprint density at radius 1 is 1.12 bits per heavy atom. The number of alkyl halides is 1. The average molecular weight is 400 g/mol. The molecule has 0 heterocycles. The van der Waals surface area contributed by atoms with Crippen molar-refractivity contribution in [2.45, 2.75) is 57.7 Å². The maximum Gasteiger partial charge on any atom is 0.482 e. The van der Waals surface area contributed by atoms with Crippen molar-refractivity contribution in [1.29, 1.82) is 0 Å². The van der Waals surface area contributed by atoms with Gasteiger partial charge < -0.3 is 20.3 Å². The smallest absolute Gasteiger partial charge is 0.429 e. The molecule has 24 heavy (non-hydrogen) atoms. The number of hydrogen-bond donors (Lipinski definition) is 4. The predicted octanol–water partition coefficient (Wildman–Crippen LogP) is 2.44. The van der Waals surface area contributed by atoms with Gasteiger partial charge in [0, 0.05) is 5.33 Å². The first kappa shape index (κ1) is 21.6. The molecule has 0 spiro atoms. The van der Waals surface area contributed by atoms with Crippen LogP contribution in [-0.2, 0) is 6.42 Å². The van der Waals surface area contributed by atoms with Crippen molar-refractivity contribution < 1.29 is 20.3 Å². The summed E-state index contributed by atoms with van der Waals surface area (Å²) in [7, 11) is 0. The van der Waals surface area contributed by atoms with Crippen LogP contribution in [0.2, 0.25) is 0 Å². The van der Waals surface area contributed by atoms with Crippen LogP contribution in [0.25, 0.3) is 0 Å². The van der Waals surface area contributed by atoms with Crippen LogP contribution in [0.1, 0.15) is 45.6 Å². The van der Waals surface area contributed by atoms with E-state index in [9.17, 15) is 10.2 Å². The SMILES string of the molecule is BrCCc1ccccc1.CC1(O)CCC2CC1(O)C2(C)C.O[B]O. The zero-order chi connectivity index (χ0) is 18.4. The zero-order valence-corrected chi connectivity index (χ0v) is 16.3. The van der Waals surface area contributed by atoms with Gasteiger partial charge in [0.2, 0.25) is 0 Å². The molecule has 4 nitrogen and oxygen atoms in total. The van der Waals surface area contributed by atoms with Crippen molar-refractivity contribution in [2.24, 2.45) is 11.3 Å². The van der Waals surface area contributed by atoms with E-state index >= 15 is 0 Å². The van der Waals surface area contributed by atoms with E-state index in [-0.39, 0.29) is 13.1 Å². The second-order valence-electron chi connectivity index (χ2n) is 7.34. The Bertz CT molecular complexity index is 485. The van der Waals surface area contributed by atoms with Gasteiger partial charge in [-0.2, -0.15) is 0 Å². The molecule has 4 N–H and O–H groups in total. The second kappa shape index (κ2) is 8.81. The Morgan fingerprint density at radius 3 is 2.04 bits per heavy atom. The highest BCUT2D eigenvalue weighted by molar-refractivity contribution is 9.09. The monoisotopic (exact) mass is 399 g/mol. The lowest BCUT2D eigenvalue weighted by Crippen LogP contribution is -2.74. The van der Waals surface area contributed by atoms with E-state index in [1.807, 2.05) is 6.07 Å². The molecule has 1 aromatic rings. The summed E-state index contributed by atoms with van der Waals surface area (Å²) >= 11 is 3.39. The number of fused-ring (bicyclic) bond motifs is 2. The van der Waals surface area contributed by atoms with Gasteiger partial charge in [0.15, 0.2) is 0 Å². The van der Waals surface area contributed by atoms with E-state index in [0.29, 0.717) is 5.92 Å². The number of aryl methyl sites for hydroxylation is 1. The number of rotatable bonds is 2. The number of benzene rings is 1. The lowest BCUT2D eigenvalue weighted by atomic mass is 9.41. The van der Waals surface area contributed by atoms with E-state index < -0.39 is 11.2 Å². The molecule has 1 radical (unpaired) electrons. The Labute approximate surface area is 154 Å². The van der Waals surface area contributed by atoms with Gasteiger partial charge in [-0.1, -0.05) is 60.1 Å². The minimum atomic E-state index is -0.870. The Morgan fingerprint density at radius 2 is 1.67 bits per heavy atom. The molecule has 135 valence electrons. The van der Waals surface area contributed by atoms with Gasteiger partial charge >= 0.3 is 7.69 Å². The summed E-state index contributed by atoms with van der Waals surface area (Å²) in [6, 6.07) is 10.5. The van der Waals surface area contributed by atoms with Crippen LogP contribution in [0.3, 0.4) is 0 Å². The molecule has 3 saturated carbocycles. The molecule has 3 fully saturated rings. The predicted molar refractivity (Wildman–Crippen MR) is 101 cm³/mol. The summed E-state index contributed by atoms with van der Waals surface area (Å²) in [6.45, 7) is 5.90. The highest BCUT2D eigenvalue weighted by Crippen LogP contribution is 2.65. The molecule has 3 unspecified atom stereocenters. The van der Waals surface area contributed by atoms with Crippen molar-refractivity contribution in [1.82, 2.24) is 0 Å². The Kier molecular flexibility index (Phi) is 7.95. The first-order valence-corrected chi connectivity index (χ1v) is 9.43. The third-order valence-corrected chi connectivity index (χ3v) is 6.12. The molecular weight excluding hydrogens is 371 g/mol. The summed E-state index contributed by atoms with van der Waals surface area (Å²) < 4.78 is 0. The lowest BCUT2D eigenvalue weighted by molar-refractivity contribution is -0.312. The maximum absolute atomic E-state index is 10.2. The fraction of sp³-hybridized carbons (Fsp3) is 0.667. The molecule has 0 saturated heterocycles. The Balaban J connectivity index is 0.000000213. The summed E-state index contributed by atoms with van der Waals surface area (Å²) in [6.07, 6.45) is 3.72. The fourth-order valence-electron chi connectivity index (χ4n) is 3.87. The van der Waals surface area contributed by atoms with Crippen LogP contribution in [0.4, 0.5) is 0 Å². The first-order chi connectivity index (χ1) is 11.2. The normalized spacial score (nSPS) is 32.2. The summed E-state index contributed by atoms with van der Waals surface area (Å²) in [5, 5.41) is 35.3. The molecule has 2 bridgehead atoms. The molecule has 0 aliphatic heterocycles. The highest BCUT2D eigenvalue weighted by Gasteiger charge is 2.69. The topological polar surface area (TPSA) is 80.9 Å². The van der Waals surface area contributed by atoms with Crippen LogP contribution in [0.15, 0.2) is 30.3 Å². The van der Waals surface area contributed by atoms with Gasteiger partial charge in [-0.15, -0.1) is 0 Å². The van der Waals surface area contributed by atoms with Crippen LogP contribution >= 0.6 is 15.9 Å². The van der Waals surface area contributed by atoms with Crippen LogP contribution in [0, 0.1) is 11.3 Å². The second-order valence-corrected chi connectivity index (χ2v) is 8.13. The lowest BCUT2D eigenvalue weighted by Gasteiger charge is -2.68. The molecule has 1 aromatic carbocycles. The van der Waals surface area contributed by atoms with E-state index in [1.54, 1.807) is 6.92 Å². The molecule has 3 aliphatic carbocycles. The molecule has 0 aromatic heterocycles. The first-order valence-electron chi connectivity index (χ1n) is 8.31. The largest absolute Gasteiger partial charge is 0.482 e. The molecule has 4 rings (SSSR count). The van der Waals surface area contributed by atoms with Gasteiger partial charge in [-0.3, -0.25) is 0 Å². The van der Waals surface area contributed by atoms with Crippen molar-refractivity contribution in [3.8, 4) is 0 Å². The summed E-state index contributed by atoms with van der Waals surface area (Å²) in [5.74, 6) is 0.614. The van der Waals surface area contributed by atoms with Gasteiger partial charge in [0.25, 0.3) is 0 Å². The zero-order valence-electron chi connectivity index (χ0n) is 14.7. The third-order valence-electron chi connectivity index (χ3n) is 5.72. The number of hydrogen-bond acceptors (Lipinski definition) is 4. The van der Waals surface area contributed by atoms with Gasteiger partial charge in [-0.25, -0.2) is 0 Å². The molecule has 3 atom stereocenters. The van der Waals surface area contributed by atoms with Crippen LogP contribution < -0.4 is 0 Å². The van der Waals surface area contributed by atoms with Gasteiger partial charge in [0.1, 0.15) is 0 Å². The standard InChI is InChI=1S/C10H18O2.C8H9Br.BH2O2/c1-8(2)7-4-5-9(3,11)10(8,12)6-7;9-7-6-8-4-2-1-3-5-8;2-1-3/h7,11-12H,4-6H2,1-3H3;1-5H,6-7H2;2-3H. The fourth-order valence-corrected chi connectivity index (χ4v) is 4.33. The minimum Gasteiger partial charge on any atom is -0.429 e. The van der Waals surface area contributed by atoms with Crippen molar-refractivity contribution in [3.05, 3.63) is 35.9 Å². The molecule has 0 amide bonds. The van der Waals surface area contributed by atoms with Crippen LogP contribution in [0.5, 0.6) is 0 Å². The van der Waals surface area contributed by atoms with E-state index in [2.05, 4.69) is 54.0 Å². The average Bonchev–Trinajstić information content (AvgIpc) is 2.52. The Hall–Kier alpha value is -0.395. The summed E-state index contributed by atoms with van der Waals surface area (Å²) in [4.78, 5) is 0. The van der Waals surface area contributed by atoms with Gasteiger partial charge in [0.05, 0.1) is 11.2 Å².